The van der Waals surface area contributed by atoms with Gasteiger partial charge in [-0.3, -0.25) is 4.79 Å². The molecule has 0 fully saturated rings. The zero-order chi connectivity index (χ0) is 17.6. The van der Waals surface area contributed by atoms with Gasteiger partial charge >= 0.3 is 0 Å². The van der Waals surface area contributed by atoms with Crippen molar-refractivity contribution in [3.8, 4) is 11.5 Å². The smallest absolute Gasteiger partial charge is 0.280 e. The summed E-state index contributed by atoms with van der Waals surface area (Å²) in [5.74, 6) is 1.19. The minimum atomic E-state index is -0.163. The Kier molecular flexibility index (Phi) is 4.13. The minimum Gasteiger partial charge on any atom is -0.454 e. The summed E-state index contributed by atoms with van der Waals surface area (Å²) in [6, 6.07) is 11.1. The number of carbonyl (C=O) groups excluding carboxylic acids is 1. The Balaban J connectivity index is 1.70. The predicted molar refractivity (Wildman–Crippen MR) is 103 cm³/mol. The summed E-state index contributed by atoms with van der Waals surface area (Å²) in [6.07, 6.45) is 1.81. The largest absolute Gasteiger partial charge is 0.454 e. The van der Waals surface area contributed by atoms with Crippen LogP contribution in [-0.2, 0) is 4.79 Å². The molecule has 7 heteroatoms. The maximum atomic E-state index is 12.8. The summed E-state index contributed by atoms with van der Waals surface area (Å²) < 4.78 is 12.5. The molecule has 2 aliphatic rings. The molecule has 0 radical (unpaired) electrons. The van der Waals surface area contributed by atoms with Gasteiger partial charge < -0.3 is 9.47 Å². The van der Waals surface area contributed by atoms with Crippen molar-refractivity contribution >= 4 is 55.2 Å². The second-order valence-electron chi connectivity index (χ2n) is 5.56. The van der Waals surface area contributed by atoms with Crippen molar-refractivity contribution in [3.63, 3.8) is 0 Å². The number of hydrazone groups is 1. The Morgan fingerprint density at radius 3 is 2.52 bits per heavy atom. The SMILES string of the molecule is CC1=NN(c2ccc(Br)cc2)C(=O)C1=Cc1cc2c(cc1Br)OCO2. The molecule has 0 aromatic heterocycles. The van der Waals surface area contributed by atoms with Crippen LogP contribution in [0, 0.1) is 0 Å². The van der Waals surface area contributed by atoms with Crippen LogP contribution in [0.1, 0.15) is 12.5 Å². The molecule has 2 heterocycles. The molecule has 0 spiro atoms. The summed E-state index contributed by atoms with van der Waals surface area (Å²) in [6.45, 7) is 2.03. The molecule has 0 atom stereocenters. The molecule has 0 bridgehead atoms. The van der Waals surface area contributed by atoms with Gasteiger partial charge in [0.2, 0.25) is 6.79 Å². The maximum absolute atomic E-state index is 12.8. The molecule has 0 unspecified atom stereocenters. The standard InChI is InChI=1S/C18H12Br2N2O3/c1-10-14(6-11-7-16-17(8-15(11)20)25-9-24-16)18(23)22(21-10)13-4-2-12(19)3-5-13/h2-8H,9H2,1H3. The number of hydrogen-bond acceptors (Lipinski definition) is 4. The van der Waals surface area contributed by atoms with E-state index in [0.29, 0.717) is 22.8 Å². The van der Waals surface area contributed by atoms with E-state index in [0.717, 1.165) is 20.2 Å². The molecule has 0 aliphatic carbocycles. The van der Waals surface area contributed by atoms with Crippen LogP contribution in [0.15, 0.2) is 56.0 Å². The number of hydrogen-bond donors (Lipinski definition) is 0. The normalized spacial score (nSPS) is 17.4. The highest BCUT2D eigenvalue weighted by atomic mass is 79.9. The number of halogens is 2. The Morgan fingerprint density at radius 2 is 1.80 bits per heavy atom. The van der Waals surface area contributed by atoms with Gasteiger partial charge in [-0.15, -0.1) is 0 Å². The van der Waals surface area contributed by atoms with Crippen molar-refractivity contribution in [1.82, 2.24) is 0 Å². The fraction of sp³-hybridized carbons (Fsp3) is 0.111. The van der Waals surface area contributed by atoms with Crippen molar-refractivity contribution < 1.29 is 14.3 Å². The number of fused-ring (bicyclic) bond motifs is 1. The van der Waals surface area contributed by atoms with E-state index in [-0.39, 0.29) is 12.7 Å². The number of carbonyl (C=O) groups is 1. The van der Waals surface area contributed by atoms with Crippen LogP contribution >= 0.6 is 31.9 Å². The zero-order valence-electron chi connectivity index (χ0n) is 13.1. The van der Waals surface area contributed by atoms with Crippen molar-refractivity contribution in [2.75, 3.05) is 11.8 Å². The average Bonchev–Trinajstić information content (AvgIpc) is 3.15. The third kappa shape index (κ3) is 2.98. The van der Waals surface area contributed by atoms with Crippen molar-refractivity contribution in [3.05, 3.63) is 56.5 Å². The second kappa shape index (κ2) is 6.31. The fourth-order valence-electron chi connectivity index (χ4n) is 2.64. The third-order valence-corrected chi connectivity index (χ3v) is 5.14. The molecule has 4 rings (SSSR count). The van der Waals surface area contributed by atoms with Gasteiger partial charge in [0.15, 0.2) is 11.5 Å². The number of benzene rings is 2. The first kappa shape index (κ1) is 16.4. The van der Waals surface area contributed by atoms with Crippen LogP contribution in [-0.4, -0.2) is 18.4 Å². The monoisotopic (exact) mass is 462 g/mol. The molecule has 0 saturated heterocycles. The Bertz CT molecular complexity index is 936. The zero-order valence-corrected chi connectivity index (χ0v) is 16.3. The summed E-state index contributed by atoms with van der Waals surface area (Å²) in [7, 11) is 0. The summed E-state index contributed by atoms with van der Waals surface area (Å²) in [5, 5.41) is 5.81. The number of amides is 1. The number of ether oxygens (including phenoxy) is 2. The lowest BCUT2D eigenvalue weighted by molar-refractivity contribution is -0.114. The van der Waals surface area contributed by atoms with Crippen LogP contribution < -0.4 is 14.5 Å². The van der Waals surface area contributed by atoms with E-state index in [2.05, 4.69) is 37.0 Å². The Hall–Kier alpha value is -2.12. The molecular formula is C18H12Br2N2O3. The van der Waals surface area contributed by atoms with Gasteiger partial charge in [-0.1, -0.05) is 31.9 Å². The highest BCUT2D eigenvalue weighted by molar-refractivity contribution is 9.10. The third-order valence-electron chi connectivity index (χ3n) is 3.93. The van der Waals surface area contributed by atoms with Crippen LogP contribution in [0.2, 0.25) is 0 Å². The maximum Gasteiger partial charge on any atom is 0.280 e. The van der Waals surface area contributed by atoms with Crippen LogP contribution in [0.3, 0.4) is 0 Å². The lowest BCUT2D eigenvalue weighted by Crippen LogP contribution is -2.21. The average molecular weight is 464 g/mol. The molecule has 126 valence electrons. The van der Waals surface area contributed by atoms with Gasteiger partial charge in [0.25, 0.3) is 5.91 Å². The number of rotatable bonds is 2. The van der Waals surface area contributed by atoms with E-state index in [1.54, 1.807) is 0 Å². The lowest BCUT2D eigenvalue weighted by atomic mass is 10.1. The van der Waals surface area contributed by atoms with Gasteiger partial charge in [0.05, 0.1) is 17.0 Å². The molecule has 25 heavy (non-hydrogen) atoms. The molecule has 5 nitrogen and oxygen atoms in total. The predicted octanol–water partition coefficient (Wildman–Crippen LogP) is 4.75. The van der Waals surface area contributed by atoms with Gasteiger partial charge in [0, 0.05) is 8.95 Å². The molecule has 2 aromatic carbocycles. The van der Waals surface area contributed by atoms with E-state index in [1.807, 2.05) is 49.4 Å². The first-order valence-corrected chi connectivity index (χ1v) is 9.08. The topological polar surface area (TPSA) is 51.1 Å². The fourth-order valence-corrected chi connectivity index (χ4v) is 3.34. The lowest BCUT2D eigenvalue weighted by Gasteiger charge is -2.11. The molecular weight excluding hydrogens is 452 g/mol. The summed E-state index contributed by atoms with van der Waals surface area (Å²) in [4.78, 5) is 12.8. The van der Waals surface area contributed by atoms with E-state index in [9.17, 15) is 4.79 Å². The van der Waals surface area contributed by atoms with Gasteiger partial charge in [-0.2, -0.15) is 10.1 Å². The molecule has 0 saturated carbocycles. The Morgan fingerprint density at radius 1 is 1.12 bits per heavy atom. The summed E-state index contributed by atoms with van der Waals surface area (Å²) >= 11 is 6.91. The molecule has 0 N–H and O–H groups in total. The summed E-state index contributed by atoms with van der Waals surface area (Å²) in [5.41, 5.74) is 2.76. The molecule has 2 aromatic rings. The molecule has 2 aliphatic heterocycles. The second-order valence-corrected chi connectivity index (χ2v) is 7.33. The van der Waals surface area contributed by atoms with Crippen LogP contribution in [0.5, 0.6) is 11.5 Å². The van der Waals surface area contributed by atoms with E-state index in [1.165, 1.54) is 5.01 Å². The minimum absolute atomic E-state index is 0.163. The molecule has 1 amide bonds. The first-order valence-electron chi connectivity index (χ1n) is 7.49. The first-order chi connectivity index (χ1) is 12.0. The Labute approximate surface area is 161 Å². The van der Waals surface area contributed by atoms with E-state index < -0.39 is 0 Å². The highest BCUT2D eigenvalue weighted by Crippen LogP contribution is 2.38. The van der Waals surface area contributed by atoms with Gasteiger partial charge in [0.1, 0.15) is 0 Å². The number of nitrogens with zero attached hydrogens (tertiary/aromatic N) is 2. The number of anilines is 1. The van der Waals surface area contributed by atoms with Crippen LogP contribution in [0.4, 0.5) is 5.69 Å². The van der Waals surface area contributed by atoms with E-state index in [4.69, 9.17) is 9.47 Å². The quantitative estimate of drug-likeness (QED) is 0.604. The highest BCUT2D eigenvalue weighted by Gasteiger charge is 2.29. The van der Waals surface area contributed by atoms with Crippen molar-refractivity contribution in [2.24, 2.45) is 5.10 Å². The van der Waals surface area contributed by atoms with Crippen molar-refractivity contribution in [1.29, 1.82) is 0 Å². The van der Waals surface area contributed by atoms with Gasteiger partial charge in [-0.25, -0.2) is 0 Å². The van der Waals surface area contributed by atoms with Crippen molar-refractivity contribution in [2.45, 2.75) is 6.92 Å². The van der Waals surface area contributed by atoms with Crippen LogP contribution in [0.25, 0.3) is 6.08 Å². The van der Waals surface area contributed by atoms with Gasteiger partial charge in [-0.05, 0) is 55.0 Å². The van der Waals surface area contributed by atoms with E-state index >= 15 is 0 Å².